The summed E-state index contributed by atoms with van der Waals surface area (Å²) in [5.74, 6) is 2.08. The molecule has 0 atom stereocenters. The van der Waals surface area contributed by atoms with Crippen LogP contribution in [0.2, 0.25) is 0 Å². The molecule has 0 aliphatic rings. The summed E-state index contributed by atoms with van der Waals surface area (Å²) >= 11 is 3.36. The molecule has 0 aromatic carbocycles. The summed E-state index contributed by atoms with van der Waals surface area (Å²) in [4.78, 5) is 13.3. The summed E-state index contributed by atoms with van der Waals surface area (Å²) < 4.78 is 31.7. The van der Waals surface area contributed by atoms with Crippen molar-refractivity contribution in [3.63, 3.8) is 0 Å². The molecule has 98 valence electrons. The van der Waals surface area contributed by atoms with Gasteiger partial charge in [-0.25, -0.2) is 10.7 Å². The first-order chi connectivity index (χ1) is 7.36. The van der Waals surface area contributed by atoms with Crippen molar-refractivity contribution in [2.24, 2.45) is 5.90 Å². The zero-order valence-electron chi connectivity index (χ0n) is 8.60. The zero-order chi connectivity index (χ0) is 13.0. The molecule has 0 rings (SSSR count). The molecule has 0 spiro atoms. The molecular formula is C8H15BrF3NO3. The number of rotatable bonds is 6. The summed E-state index contributed by atoms with van der Waals surface area (Å²) in [5.41, 5.74) is 0. The van der Waals surface area contributed by atoms with Crippen LogP contribution in [-0.2, 0) is 9.63 Å². The predicted molar refractivity (Wildman–Crippen MR) is 56.1 cm³/mol. The molecule has 0 aliphatic carbocycles. The molecule has 0 aromatic rings. The minimum absolute atomic E-state index is 0.697. The molecular weight excluding hydrogens is 295 g/mol. The van der Waals surface area contributed by atoms with E-state index in [1.807, 2.05) is 0 Å². The molecule has 0 unspecified atom stereocenters. The van der Waals surface area contributed by atoms with Gasteiger partial charge >= 0.3 is 12.1 Å². The number of unbranched alkanes of at least 4 members (excludes halogenated alkanes) is 3. The molecule has 16 heavy (non-hydrogen) atoms. The topological polar surface area (TPSA) is 72.5 Å². The van der Waals surface area contributed by atoms with Gasteiger partial charge in [0, 0.05) is 5.33 Å². The quantitative estimate of drug-likeness (QED) is 0.449. The maximum Gasteiger partial charge on any atom is 0.490 e. The zero-order valence-corrected chi connectivity index (χ0v) is 10.2. The maximum atomic E-state index is 10.6. The van der Waals surface area contributed by atoms with Crippen molar-refractivity contribution < 1.29 is 27.9 Å². The van der Waals surface area contributed by atoms with Crippen LogP contribution in [0, 0.1) is 0 Å². The highest BCUT2D eigenvalue weighted by Crippen LogP contribution is 2.13. The Kier molecular flexibility index (Phi) is 12.6. The standard InChI is InChI=1S/C6H14BrNO.C2HF3O2/c7-5-3-1-2-4-6-9-8;3-2(4,5)1(6)7/h1-6,8H2;(H,6,7). The van der Waals surface area contributed by atoms with Gasteiger partial charge in [0.25, 0.3) is 0 Å². The number of carbonyl (C=O) groups is 1. The highest BCUT2D eigenvalue weighted by molar-refractivity contribution is 9.09. The van der Waals surface area contributed by atoms with Crippen LogP contribution in [0.3, 0.4) is 0 Å². The van der Waals surface area contributed by atoms with Gasteiger partial charge in [0.2, 0.25) is 0 Å². The van der Waals surface area contributed by atoms with Crippen LogP contribution in [-0.4, -0.2) is 29.2 Å². The second-order valence-electron chi connectivity index (χ2n) is 2.78. The van der Waals surface area contributed by atoms with Crippen LogP contribution in [0.25, 0.3) is 0 Å². The van der Waals surface area contributed by atoms with Crippen molar-refractivity contribution in [3.8, 4) is 0 Å². The fraction of sp³-hybridized carbons (Fsp3) is 0.875. The van der Waals surface area contributed by atoms with E-state index < -0.39 is 12.1 Å². The Morgan fingerprint density at radius 2 is 1.69 bits per heavy atom. The molecule has 0 amide bonds. The van der Waals surface area contributed by atoms with E-state index in [4.69, 9.17) is 15.8 Å². The van der Waals surface area contributed by atoms with Crippen LogP contribution in [0.1, 0.15) is 25.7 Å². The third-order valence-electron chi connectivity index (χ3n) is 1.39. The van der Waals surface area contributed by atoms with Gasteiger partial charge in [0.15, 0.2) is 0 Å². The van der Waals surface area contributed by atoms with E-state index in [9.17, 15) is 13.2 Å². The van der Waals surface area contributed by atoms with Crippen molar-refractivity contribution in [2.45, 2.75) is 31.9 Å². The SMILES string of the molecule is NOCCCCCCBr.O=C(O)C(F)(F)F. The summed E-state index contributed by atoms with van der Waals surface area (Å²) in [7, 11) is 0. The third kappa shape index (κ3) is 16.1. The Bertz CT molecular complexity index is 172. The molecule has 0 aliphatic heterocycles. The summed E-state index contributed by atoms with van der Waals surface area (Å²) in [6, 6.07) is 0. The molecule has 0 saturated carbocycles. The second kappa shape index (κ2) is 11.2. The van der Waals surface area contributed by atoms with Crippen LogP contribution in [0.15, 0.2) is 0 Å². The van der Waals surface area contributed by atoms with Gasteiger partial charge in [-0.1, -0.05) is 28.8 Å². The largest absolute Gasteiger partial charge is 0.490 e. The first kappa shape index (κ1) is 18.0. The van der Waals surface area contributed by atoms with Crippen molar-refractivity contribution in [1.82, 2.24) is 0 Å². The Morgan fingerprint density at radius 1 is 1.25 bits per heavy atom. The van der Waals surface area contributed by atoms with Gasteiger partial charge in [0.05, 0.1) is 6.61 Å². The first-order valence-electron chi connectivity index (χ1n) is 4.54. The monoisotopic (exact) mass is 309 g/mol. The Hall–Kier alpha value is -0.340. The number of aliphatic carboxylic acids is 1. The van der Waals surface area contributed by atoms with E-state index in [1.165, 1.54) is 19.3 Å². The van der Waals surface area contributed by atoms with Crippen LogP contribution in [0.5, 0.6) is 0 Å². The van der Waals surface area contributed by atoms with Gasteiger partial charge in [-0.05, 0) is 12.8 Å². The van der Waals surface area contributed by atoms with Gasteiger partial charge in [0.1, 0.15) is 0 Å². The fourth-order valence-electron chi connectivity index (χ4n) is 0.633. The average molecular weight is 310 g/mol. The Labute approximate surface area is 100 Å². The first-order valence-corrected chi connectivity index (χ1v) is 5.66. The molecule has 0 bridgehead atoms. The number of carboxylic acid groups (broad SMARTS) is 1. The number of nitrogens with two attached hydrogens (primary N) is 1. The minimum atomic E-state index is -5.08. The van der Waals surface area contributed by atoms with Crippen LogP contribution in [0.4, 0.5) is 13.2 Å². The Morgan fingerprint density at radius 3 is 2.00 bits per heavy atom. The summed E-state index contributed by atoms with van der Waals surface area (Å²) in [5, 5.41) is 8.23. The molecule has 0 radical (unpaired) electrons. The number of carboxylic acids is 1. The number of halogens is 4. The molecule has 0 saturated heterocycles. The molecule has 8 heteroatoms. The lowest BCUT2D eigenvalue weighted by Crippen LogP contribution is -2.21. The van der Waals surface area contributed by atoms with Crippen molar-refractivity contribution in [3.05, 3.63) is 0 Å². The van der Waals surface area contributed by atoms with Gasteiger partial charge in [-0.3, -0.25) is 0 Å². The molecule has 0 fully saturated rings. The van der Waals surface area contributed by atoms with E-state index in [1.54, 1.807) is 0 Å². The van der Waals surface area contributed by atoms with Gasteiger partial charge in [-0.15, -0.1) is 0 Å². The number of hydrogen-bond acceptors (Lipinski definition) is 3. The lowest BCUT2D eigenvalue weighted by Gasteiger charge is -1.96. The average Bonchev–Trinajstić information content (AvgIpc) is 2.17. The third-order valence-corrected chi connectivity index (χ3v) is 1.95. The van der Waals surface area contributed by atoms with Gasteiger partial charge in [-0.2, -0.15) is 13.2 Å². The smallest absolute Gasteiger partial charge is 0.475 e. The number of hydrogen-bond donors (Lipinski definition) is 2. The van der Waals surface area contributed by atoms with Crippen molar-refractivity contribution in [2.75, 3.05) is 11.9 Å². The maximum absolute atomic E-state index is 10.6. The molecule has 0 heterocycles. The number of alkyl halides is 4. The Balaban J connectivity index is 0. The summed E-state index contributed by atoms with van der Waals surface area (Å²) in [6.45, 7) is 0.697. The van der Waals surface area contributed by atoms with E-state index in [-0.39, 0.29) is 0 Å². The van der Waals surface area contributed by atoms with Crippen molar-refractivity contribution >= 4 is 21.9 Å². The highest BCUT2D eigenvalue weighted by Gasteiger charge is 2.38. The van der Waals surface area contributed by atoms with E-state index in [0.717, 1.165) is 11.8 Å². The van der Waals surface area contributed by atoms with E-state index in [0.29, 0.717) is 6.61 Å². The van der Waals surface area contributed by atoms with Crippen LogP contribution < -0.4 is 5.90 Å². The van der Waals surface area contributed by atoms with E-state index >= 15 is 0 Å². The molecule has 0 aromatic heterocycles. The lowest BCUT2D eigenvalue weighted by atomic mass is 10.2. The lowest BCUT2D eigenvalue weighted by molar-refractivity contribution is -0.192. The fourth-order valence-corrected chi connectivity index (χ4v) is 1.03. The minimum Gasteiger partial charge on any atom is -0.475 e. The molecule has 4 nitrogen and oxygen atoms in total. The van der Waals surface area contributed by atoms with Crippen molar-refractivity contribution in [1.29, 1.82) is 0 Å². The molecule has 3 N–H and O–H groups in total. The van der Waals surface area contributed by atoms with Crippen LogP contribution >= 0.6 is 15.9 Å². The van der Waals surface area contributed by atoms with E-state index in [2.05, 4.69) is 20.8 Å². The van der Waals surface area contributed by atoms with Gasteiger partial charge < -0.3 is 9.94 Å². The second-order valence-corrected chi connectivity index (χ2v) is 3.57. The predicted octanol–water partition coefficient (Wildman–Crippen LogP) is 2.47. The summed E-state index contributed by atoms with van der Waals surface area (Å²) in [6.07, 6.45) is -0.245. The normalized spacial score (nSPS) is 10.6. The highest BCUT2D eigenvalue weighted by atomic mass is 79.9.